The fourth-order valence-corrected chi connectivity index (χ4v) is 4.43. The number of amides is 2. The zero-order chi connectivity index (χ0) is 20.9. The second-order valence-electron chi connectivity index (χ2n) is 7.41. The number of phenols is 2. The summed E-state index contributed by atoms with van der Waals surface area (Å²) in [6.07, 6.45) is 0. The Kier molecular flexibility index (Phi) is 4.31. The normalized spacial score (nSPS) is 28.5. The Labute approximate surface area is 166 Å². The van der Waals surface area contributed by atoms with Gasteiger partial charge in [-0.15, -0.1) is 0 Å². The van der Waals surface area contributed by atoms with E-state index in [1.54, 1.807) is 30.3 Å². The minimum absolute atomic E-state index is 0.142. The summed E-state index contributed by atoms with van der Waals surface area (Å²) in [5.74, 6) is -3.98. The first-order valence-corrected chi connectivity index (χ1v) is 9.10. The van der Waals surface area contributed by atoms with Gasteiger partial charge in [0.15, 0.2) is 0 Å². The highest BCUT2D eigenvalue weighted by Crippen LogP contribution is 2.51. The lowest BCUT2D eigenvalue weighted by atomic mass is 9.80. The SMILES string of the molecule is COC(=O)[C@]1(C)N[C@H](c2ccc(O)cc2O)C2C(=O)N(c3ccccc3)C(=O)C21. The van der Waals surface area contributed by atoms with Gasteiger partial charge in [-0.3, -0.25) is 19.7 Å². The maximum absolute atomic E-state index is 13.3. The molecule has 0 aliphatic carbocycles. The number of rotatable bonds is 3. The highest BCUT2D eigenvalue weighted by atomic mass is 16.5. The first-order chi connectivity index (χ1) is 13.8. The largest absolute Gasteiger partial charge is 0.508 e. The quantitative estimate of drug-likeness (QED) is 0.531. The summed E-state index contributed by atoms with van der Waals surface area (Å²) in [5.41, 5.74) is -0.746. The molecule has 0 bridgehead atoms. The number of para-hydroxylation sites is 1. The fourth-order valence-electron chi connectivity index (χ4n) is 4.43. The molecule has 4 atom stereocenters. The number of methoxy groups -OCH3 is 1. The average molecular weight is 396 g/mol. The third-order valence-electron chi connectivity index (χ3n) is 5.76. The number of phenolic OH excluding ortho intramolecular Hbond substituents is 2. The first-order valence-electron chi connectivity index (χ1n) is 9.10. The number of anilines is 1. The van der Waals surface area contributed by atoms with Gasteiger partial charge in [0.2, 0.25) is 11.8 Å². The summed E-state index contributed by atoms with van der Waals surface area (Å²) in [4.78, 5) is 40.4. The molecule has 0 radical (unpaired) electrons. The number of aromatic hydroxyl groups is 2. The Morgan fingerprint density at radius 1 is 1.10 bits per heavy atom. The van der Waals surface area contributed by atoms with Gasteiger partial charge < -0.3 is 14.9 Å². The molecule has 8 heteroatoms. The lowest BCUT2D eigenvalue weighted by Crippen LogP contribution is -2.54. The number of hydrogen-bond acceptors (Lipinski definition) is 7. The molecule has 2 heterocycles. The van der Waals surface area contributed by atoms with Crippen LogP contribution >= 0.6 is 0 Å². The highest BCUT2D eigenvalue weighted by Gasteiger charge is 2.67. The smallest absolute Gasteiger partial charge is 0.326 e. The third-order valence-corrected chi connectivity index (χ3v) is 5.76. The molecule has 2 aliphatic heterocycles. The van der Waals surface area contributed by atoms with Crippen LogP contribution in [0.4, 0.5) is 5.69 Å². The first kappa shape index (κ1) is 18.9. The minimum atomic E-state index is -1.47. The Morgan fingerprint density at radius 3 is 2.41 bits per heavy atom. The van der Waals surface area contributed by atoms with Crippen LogP contribution in [0.2, 0.25) is 0 Å². The molecule has 2 aromatic carbocycles. The number of carbonyl (C=O) groups is 3. The zero-order valence-electron chi connectivity index (χ0n) is 15.8. The van der Waals surface area contributed by atoms with Gasteiger partial charge in [0.1, 0.15) is 17.0 Å². The molecule has 2 saturated heterocycles. The molecule has 0 aromatic heterocycles. The van der Waals surface area contributed by atoms with Gasteiger partial charge in [-0.25, -0.2) is 4.90 Å². The van der Waals surface area contributed by atoms with E-state index in [0.717, 1.165) is 11.0 Å². The number of hydrogen-bond donors (Lipinski definition) is 3. The molecule has 2 amide bonds. The van der Waals surface area contributed by atoms with Crippen molar-refractivity contribution in [2.45, 2.75) is 18.5 Å². The van der Waals surface area contributed by atoms with Crippen LogP contribution in [0.15, 0.2) is 48.5 Å². The van der Waals surface area contributed by atoms with Crippen molar-refractivity contribution in [3.8, 4) is 11.5 Å². The van der Waals surface area contributed by atoms with Gasteiger partial charge >= 0.3 is 5.97 Å². The van der Waals surface area contributed by atoms with E-state index in [4.69, 9.17) is 4.74 Å². The number of nitrogens with zero attached hydrogens (tertiary/aromatic N) is 1. The van der Waals surface area contributed by atoms with Crippen LogP contribution in [-0.2, 0) is 19.1 Å². The van der Waals surface area contributed by atoms with Gasteiger partial charge in [0.05, 0.1) is 24.6 Å². The number of nitrogens with one attached hydrogen (secondary N) is 1. The monoisotopic (exact) mass is 396 g/mol. The van der Waals surface area contributed by atoms with Gasteiger partial charge in [-0.05, 0) is 25.1 Å². The van der Waals surface area contributed by atoms with Crippen molar-refractivity contribution in [2.24, 2.45) is 11.8 Å². The van der Waals surface area contributed by atoms with Crippen LogP contribution in [0.25, 0.3) is 0 Å². The number of imide groups is 1. The Morgan fingerprint density at radius 2 is 1.79 bits per heavy atom. The molecular weight excluding hydrogens is 376 g/mol. The van der Waals surface area contributed by atoms with Crippen molar-refractivity contribution >= 4 is 23.5 Å². The van der Waals surface area contributed by atoms with Crippen LogP contribution < -0.4 is 10.2 Å². The fraction of sp³-hybridized carbons (Fsp3) is 0.286. The van der Waals surface area contributed by atoms with Gasteiger partial charge in [-0.1, -0.05) is 24.3 Å². The van der Waals surface area contributed by atoms with E-state index in [1.807, 2.05) is 0 Å². The molecule has 2 aliphatic rings. The molecule has 8 nitrogen and oxygen atoms in total. The van der Waals surface area contributed by atoms with Crippen molar-refractivity contribution in [2.75, 3.05) is 12.0 Å². The van der Waals surface area contributed by atoms with Crippen LogP contribution in [0.3, 0.4) is 0 Å². The standard InChI is InChI=1S/C21H20N2O6/c1-21(20(28)29-2)16-15(17(22-21)13-9-8-12(24)10-14(13)25)18(26)23(19(16)27)11-6-4-3-5-7-11/h3-10,15-17,22,24-25H,1-2H3/t15?,16?,17-,21-/m1/s1. The topological polar surface area (TPSA) is 116 Å². The average Bonchev–Trinajstić information content (AvgIpc) is 3.16. The summed E-state index contributed by atoms with van der Waals surface area (Å²) in [5, 5.41) is 23.0. The minimum Gasteiger partial charge on any atom is -0.508 e. The molecule has 2 fully saturated rings. The molecule has 29 heavy (non-hydrogen) atoms. The zero-order valence-corrected chi connectivity index (χ0v) is 15.8. The summed E-state index contributed by atoms with van der Waals surface area (Å²) in [7, 11) is 1.21. The van der Waals surface area contributed by atoms with Crippen LogP contribution in [0.1, 0.15) is 18.5 Å². The van der Waals surface area contributed by atoms with Crippen molar-refractivity contribution < 1.29 is 29.3 Å². The summed E-state index contributed by atoms with van der Waals surface area (Å²) < 4.78 is 4.92. The maximum atomic E-state index is 13.3. The third kappa shape index (κ3) is 2.67. The predicted octanol–water partition coefficient (Wildman–Crippen LogP) is 1.48. The molecule has 0 saturated carbocycles. The summed E-state index contributed by atoms with van der Waals surface area (Å²) in [6.45, 7) is 1.52. The van der Waals surface area contributed by atoms with E-state index >= 15 is 0 Å². The Balaban J connectivity index is 1.85. The highest BCUT2D eigenvalue weighted by molar-refractivity contribution is 6.24. The second-order valence-corrected chi connectivity index (χ2v) is 7.41. The van der Waals surface area contributed by atoms with Crippen molar-refractivity contribution in [3.05, 3.63) is 54.1 Å². The molecule has 150 valence electrons. The van der Waals surface area contributed by atoms with Gasteiger partial charge in [-0.2, -0.15) is 0 Å². The van der Waals surface area contributed by atoms with E-state index in [-0.39, 0.29) is 11.5 Å². The lowest BCUT2D eigenvalue weighted by Gasteiger charge is -2.28. The second kappa shape index (κ2) is 6.59. The summed E-state index contributed by atoms with van der Waals surface area (Å²) in [6, 6.07) is 11.6. The van der Waals surface area contributed by atoms with Crippen molar-refractivity contribution in [1.82, 2.24) is 5.32 Å². The van der Waals surface area contributed by atoms with Crippen LogP contribution in [0.5, 0.6) is 11.5 Å². The molecule has 3 N–H and O–H groups in total. The van der Waals surface area contributed by atoms with Crippen molar-refractivity contribution in [3.63, 3.8) is 0 Å². The van der Waals surface area contributed by atoms with Gasteiger partial charge in [0, 0.05) is 17.7 Å². The van der Waals surface area contributed by atoms with E-state index in [0.29, 0.717) is 11.3 Å². The number of benzene rings is 2. The Hall–Kier alpha value is -3.39. The van der Waals surface area contributed by atoms with E-state index in [1.165, 1.54) is 26.2 Å². The molecule has 4 rings (SSSR count). The van der Waals surface area contributed by atoms with E-state index in [9.17, 15) is 24.6 Å². The number of carbonyl (C=O) groups excluding carboxylic acids is 3. The predicted molar refractivity (Wildman–Crippen MR) is 102 cm³/mol. The summed E-state index contributed by atoms with van der Waals surface area (Å²) >= 11 is 0. The maximum Gasteiger partial charge on any atom is 0.326 e. The van der Waals surface area contributed by atoms with Crippen LogP contribution in [0, 0.1) is 11.8 Å². The van der Waals surface area contributed by atoms with Gasteiger partial charge in [0.25, 0.3) is 0 Å². The number of fused-ring (bicyclic) bond motifs is 1. The van der Waals surface area contributed by atoms with Crippen LogP contribution in [-0.4, -0.2) is 40.6 Å². The molecule has 2 aromatic rings. The molecule has 2 unspecified atom stereocenters. The number of ether oxygens (including phenoxy) is 1. The van der Waals surface area contributed by atoms with Crippen molar-refractivity contribution in [1.29, 1.82) is 0 Å². The molecule has 0 spiro atoms. The van der Waals surface area contributed by atoms with E-state index in [2.05, 4.69) is 5.32 Å². The number of esters is 1. The lowest BCUT2D eigenvalue weighted by molar-refractivity contribution is -0.151. The Bertz CT molecular complexity index is 1010. The van der Waals surface area contributed by atoms with E-state index < -0.39 is 41.2 Å². The molecular formula is C21H20N2O6.